The first-order valence-corrected chi connectivity index (χ1v) is 9.80. The average molecular weight is 396 g/mol. The summed E-state index contributed by atoms with van der Waals surface area (Å²) in [6.45, 7) is 8.08. The Labute approximate surface area is 168 Å². The molecule has 0 saturated carbocycles. The standard InChI is InChI=1S/C21H21N3OS2/c1-12-9-10-14(3)17(11-12)18-15(4)27-21(22-18)24-20(26)23-19(25)16-8-6-5-7-13(16)2/h5-11H,1-4H3,(H2,22,23,24,25,26). The smallest absolute Gasteiger partial charge is 0.257 e. The van der Waals surface area contributed by atoms with Crippen LogP contribution < -0.4 is 10.6 Å². The highest BCUT2D eigenvalue weighted by Gasteiger charge is 2.15. The average Bonchev–Trinajstić information content (AvgIpc) is 2.97. The van der Waals surface area contributed by atoms with Crippen LogP contribution >= 0.6 is 23.6 Å². The molecule has 27 heavy (non-hydrogen) atoms. The SMILES string of the molecule is Cc1ccc(C)c(-c2nc(NC(=S)NC(=O)c3ccccc3C)sc2C)c1. The van der Waals surface area contributed by atoms with Crippen LogP contribution in [0, 0.1) is 27.7 Å². The van der Waals surface area contributed by atoms with Crippen LogP contribution in [0.4, 0.5) is 5.13 Å². The highest BCUT2D eigenvalue weighted by molar-refractivity contribution is 7.80. The number of benzene rings is 2. The zero-order valence-electron chi connectivity index (χ0n) is 15.7. The Morgan fingerprint density at radius 2 is 1.78 bits per heavy atom. The van der Waals surface area contributed by atoms with Gasteiger partial charge in [0.25, 0.3) is 5.91 Å². The molecule has 0 bridgehead atoms. The van der Waals surface area contributed by atoms with Crippen LogP contribution in [0.3, 0.4) is 0 Å². The van der Waals surface area contributed by atoms with Gasteiger partial charge in [0.2, 0.25) is 0 Å². The Balaban J connectivity index is 1.75. The number of aryl methyl sites for hydroxylation is 4. The lowest BCUT2D eigenvalue weighted by Crippen LogP contribution is -2.34. The third kappa shape index (κ3) is 4.40. The van der Waals surface area contributed by atoms with Gasteiger partial charge in [-0.05, 0) is 63.2 Å². The summed E-state index contributed by atoms with van der Waals surface area (Å²) in [5.74, 6) is -0.228. The van der Waals surface area contributed by atoms with Crippen LogP contribution in [0.5, 0.6) is 0 Å². The van der Waals surface area contributed by atoms with E-state index in [2.05, 4.69) is 47.7 Å². The summed E-state index contributed by atoms with van der Waals surface area (Å²) in [6.07, 6.45) is 0. The normalized spacial score (nSPS) is 10.5. The number of carbonyl (C=O) groups is 1. The number of thiocarbonyl (C=S) groups is 1. The van der Waals surface area contributed by atoms with Crippen molar-refractivity contribution in [2.45, 2.75) is 27.7 Å². The van der Waals surface area contributed by atoms with Gasteiger partial charge < -0.3 is 5.32 Å². The molecule has 0 fully saturated rings. The number of hydrogen-bond acceptors (Lipinski definition) is 4. The fraction of sp³-hybridized carbons (Fsp3) is 0.190. The minimum Gasteiger partial charge on any atom is -0.308 e. The van der Waals surface area contributed by atoms with E-state index in [1.807, 2.05) is 32.0 Å². The molecule has 0 atom stereocenters. The fourth-order valence-corrected chi connectivity index (χ4v) is 3.90. The minimum absolute atomic E-state index is 0.228. The first-order chi connectivity index (χ1) is 12.8. The van der Waals surface area contributed by atoms with Crippen LogP contribution in [0.2, 0.25) is 0 Å². The number of nitrogens with one attached hydrogen (secondary N) is 2. The van der Waals surface area contributed by atoms with Crippen molar-refractivity contribution >= 4 is 39.7 Å². The van der Waals surface area contributed by atoms with Gasteiger partial charge in [-0.2, -0.15) is 0 Å². The van der Waals surface area contributed by atoms with Gasteiger partial charge in [-0.1, -0.05) is 35.9 Å². The maximum absolute atomic E-state index is 12.4. The van der Waals surface area contributed by atoms with Crippen molar-refractivity contribution in [1.82, 2.24) is 10.3 Å². The number of anilines is 1. The Kier molecular flexibility index (Phi) is 5.68. The largest absolute Gasteiger partial charge is 0.308 e. The predicted molar refractivity (Wildman–Crippen MR) is 117 cm³/mol. The third-order valence-electron chi connectivity index (χ3n) is 4.28. The number of aromatic nitrogens is 1. The molecule has 0 aliphatic rings. The molecule has 3 rings (SSSR count). The molecular weight excluding hydrogens is 374 g/mol. The van der Waals surface area contributed by atoms with E-state index in [4.69, 9.17) is 12.2 Å². The summed E-state index contributed by atoms with van der Waals surface area (Å²) in [5.41, 5.74) is 5.94. The highest BCUT2D eigenvalue weighted by atomic mass is 32.1. The monoisotopic (exact) mass is 395 g/mol. The van der Waals surface area contributed by atoms with Gasteiger partial charge in [0.15, 0.2) is 10.2 Å². The van der Waals surface area contributed by atoms with E-state index in [0.717, 1.165) is 21.7 Å². The van der Waals surface area contributed by atoms with Gasteiger partial charge in [0, 0.05) is 16.0 Å². The van der Waals surface area contributed by atoms with Crippen molar-refractivity contribution < 1.29 is 4.79 Å². The second kappa shape index (κ2) is 7.98. The van der Waals surface area contributed by atoms with E-state index in [9.17, 15) is 4.79 Å². The lowest BCUT2D eigenvalue weighted by Gasteiger charge is -2.09. The van der Waals surface area contributed by atoms with E-state index in [1.165, 1.54) is 22.5 Å². The maximum Gasteiger partial charge on any atom is 0.257 e. The topological polar surface area (TPSA) is 54.0 Å². The number of carbonyl (C=O) groups excluding carboxylic acids is 1. The number of thiazole rings is 1. The van der Waals surface area contributed by atoms with E-state index in [1.54, 1.807) is 6.07 Å². The Morgan fingerprint density at radius 1 is 1.04 bits per heavy atom. The quantitative estimate of drug-likeness (QED) is 0.601. The highest BCUT2D eigenvalue weighted by Crippen LogP contribution is 2.32. The molecule has 0 aliphatic carbocycles. The number of amides is 1. The summed E-state index contributed by atoms with van der Waals surface area (Å²) in [4.78, 5) is 18.2. The Bertz CT molecular complexity index is 1020. The van der Waals surface area contributed by atoms with Gasteiger partial charge >= 0.3 is 0 Å². The number of rotatable bonds is 3. The molecular formula is C21H21N3OS2. The zero-order valence-corrected chi connectivity index (χ0v) is 17.3. The second-order valence-corrected chi connectivity index (χ2v) is 8.08. The van der Waals surface area contributed by atoms with Crippen LogP contribution in [0.1, 0.15) is 31.9 Å². The number of nitrogens with zero attached hydrogens (tertiary/aromatic N) is 1. The number of hydrogen-bond donors (Lipinski definition) is 2. The lowest BCUT2D eigenvalue weighted by atomic mass is 10.0. The van der Waals surface area contributed by atoms with Crippen molar-refractivity contribution in [2.75, 3.05) is 5.32 Å². The molecule has 0 saturated heterocycles. The predicted octanol–water partition coefficient (Wildman–Crippen LogP) is 5.17. The van der Waals surface area contributed by atoms with E-state index < -0.39 is 0 Å². The Hall–Kier alpha value is -2.57. The lowest BCUT2D eigenvalue weighted by molar-refractivity contribution is 0.0977. The maximum atomic E-state index is 12.4. The molecule has 1 amide bonds. The van der Waals surface area contributed by atoms with Crippen molar-refractivity contribution in [3.8, 4) is 11.3 Å². The first kappa shape index (κ1) is 19.2. The Morgan fingerprint density at radius 3 is 2.52 bits per heavy atom. The van der Waals surface area contributed by atoms with Crippen molar-refractivity contribution in [3.63, 3.8) is 0 Å². The van der Waals surface area contributed by atoms with Gasteiger partial charge in [-0.15, -0.1) is 11.3 Å². The van der Waals surface area contributed by atoms with Gasteiger partial charge in [-0.25, -0.2) is 4.98 Å². The molecule has 4 nitrogen and oxygen atoms in total. The molecule has 0 spiro atoms. The molecule has 0 aliphatic heterocycles. The molecule has 0 unspecified atom stereocenters. The molecule has 3 aromatic rings. The van der Waals surface area contributed by atoms with Crippen molar-refractivity contribution in [1.29, 1.82) is 0 Å². The second-order valence-electron chi connectivity index (χ2n) is 6.47. The van der Waals surface area contributed by atoms with Crippen molar-refractivity contribution in [2.24, 2.45) is 0 Å². The van der Waals surface area contributed by atoms with Gasteiger partial charge in [0.05, 0.1) is 5.69 Å². The van der Waals surface area contributed by atoms with Crippen LogP contribution in [0.25, 0.3) is 11.3 Å². The molecule has 2 aromatic carbocycles. The molecule has 1 heterocycles. The molecule has 1 aromatic heterocycles. The summed E-state index contributed by atoms with van der Waals surface area (Å²) in [5, 5.41) is 6.66. The molecule has 0 radical (unpaired) electrons. The van der Waals surface area contributed by atoms with E-state index in [0.29, 0.717) is 10.7 Å². The van der Waals surface area contributed by atoms with Crippen LogP contribution in [-0.4, -0.2) is 16.0 Å². The van der Waals surface area contributed by atoms with Gasteiger partial charge in [0.1, 0.15) is 0 Å². The third-order valence-corrected chi connectivity index (χ3v) is 5.37. The van der Waals surface area contributed by atoms with Crippen LogP contribution in [-0.2, 0) is 0 Å². The molecule has 2 N–H and O–H groups in total. The van der Waals surface area contributed by atoms with E-state index >= 15 is 0 Å². The zero-order chi connectivity index (χ0) is 19.6. The summed E-state index contributed by atoms with van der Waals surface area (Å²) >= 11 is 6.81. The molecule has 138 valence electrons. The summed E-state index contributed by atoms with van der Waals surface area (Å²) in [7, 11) is 0. The minimum atomic E-state index is -0.228. The van der Waals surface area contributed by atoms with Gasteiger partial charge in [-0.3, -0.25) is 10.1 Å². The van der Waals surface area contributed by atoms with E-state index in [-0.39, 0.29) is 11.0 Å². The molecule has 6 heteroatoms. The summed E-state index contributed by atoms with van der Waals surface area (Å²) in [6, 6.07) is 13.7. The first-order valence-electron chi connectivity index (χ1n) is 8.58. The van der Waals surface area contributed by atoms with Crippen molar-refractivity contribution in [3.05, 3.63) is 69.6 Å². The summed E-state index contributed by atoms with van der Waals surface area (Å²) < 4.78 is 0. The van der Waals surface area contributed by atoms with Crippen LogP contribution in [0.15, 0.2) is 42.5 Å². The fourth-order valence-electron chi connectivity index (χ4n) is 2.82.